The number of halogens is 2. The van der Waals surface area contributed by atoms with Gasteiger partial charge in [0.15, 0.2) is 5.69 Å². The summed E-state index contributed by atoms with van der Waals surface area (Å²) in [6.07, 6.45) is 2.94. The van der Waals surface area contributed by atoms with Crippen molar-refractivity contribution >= 4 is 23.4 Å². The van der Waals surface area contributed by atoms with Gasteiger partial charge in [0, 0.05) is 37.8 Å². The number of nitrogen functional groups attached to an aromatic ring is 1. The fourth-order valence-corrected chi connectivity index (χ4v) is 5.47. The quantitative estimate of drug-likeness (QED) is 0.565. The SMILES string of the molecule is Nc1cn(C2CCN(CCCc3ccc4c(c3)CN(C3CCC(=O)NC3=O)C4=O)CC2)nc1C(F)F. The van der Waals surface area contributed by atoms with E-state index < -0.39 is 18.4 Å². The van der Waals surface area contributed by atoms with Gasteiger partial charge in [-0.2, -0.15) is 5.10 Å². The van der Waals surface area contributed by atoms with Crippen LogP contribution in [0.25, 0.3) is 0 Å². The standard InChI is InChI=1S/C25H30F2N6O3/c26-23(27)22-19(28)14-33(30-22)17-7-10-31(11-8-17)9-1-2-15-3-4-18-16(12-15)13-32(25(18)36)20-5-6-21(34)29-24(20)35/h3-4,12,14,17,20,23H,1-2,5-11,13,28H2,(H,29,34,35). The van der Waals surface area contributed by atoms with Crippen LogP contribution in [0.4, 0.5) is 14.5 Å². The van der Waals surface area contributed by atoms with Crippen molar-refractivity contribution in [3.05, 3.63) is 46.8 Å². The summed E-state index contributed by atoms with van der Waals surface area (Å²) in [5.41, 5.74) is 8.07. The number of nitrogens with zero attached hydrogens (tertiary/aromatic N) is 4. The molecule has 1 unspecified atom stereocenters. The molecular formula is C25H30F2N6O3. The lowest BCUT2D eigenvalue weighted by molar-refractivity contribution is -0.136. The van der Waals surface area contributed by atoms with Crippen LogP contribution < -0.4 is 11.1 Å². The summed E-state index contributed by atoms with van der Waals surface area (Å²) < 4.78 is 27.5. The Labute approximate surface area is 207 Å². The maximum absolute atomic E-state index is 13.0. The van der Waals surface area contributed by atoms with Gasteiger partial charge in [0.2, 0.25) is 11.8 Å². The minimum absolute atomic E-state index is 0.0451. The van der Waals surface area contributed by atoms with Crippen molar-refractivity contribution in [1.82, 2.24) is 24.9 Å². The first kappa shape index (κ1) is 24.4. The highest BCUT2D eigenvalue weighted by Crippen LogP contribution is 2.30. The number of likely N-dealkylation sites (tertiary alicyclic amines) is 1. The number of fused-ring (bicyclic) bond motifs is 1. The molecule has 36 heavy (non-hydrogen) atoms. The molecule has 3 amide bonds. The molecule has 11 heteroatoms. The maximum Gasteiger partial charge on any atom is 0.284 e. The largest absolute Gasteiger partial charge is 0.396 e. The minimum Gasteiger partial charge on any atom is -0.396 e. The Morgan fingerprint density at radius 1 is 1.14 bits per heavy atom. The molecule has 3 aliphatic heterocycles. The number of alkyl halides is 2. The van der Waals surface area contributed by atoms with Gasteiger partial charge in [-0.05, 0) is 55.8 Å². The maximum atomic E-state index is 13.0. The van der Waals surface area contributed by atoms with Crippen molar-refractivity contribution in [2.75, 3.05) is 25.4 Å². The van der Waals surface area contributed by atoms with Crippen LogP contribution in [-0.4, -0.2) is 63.0 Å². The van der Waals surface area contributed by atoms with Crippen LogP contribution in [0.2, 0.25) is 0 Å². The van der Waals surface area contributed by atoms with Crippen molar-refractivity contribution in [2.24, 2.45) is 0 Å². The summed E-state index contributed by atoms with van der Waals surface area (Å²) in [7, 11) is 0. The van der Waals surface area contributed by atoms with Gasteiger partial charge < -0.3 is 15.5 Å². The van der Waals surface area contributed by atoms with E-state index in [2.05, 4.69) is 15.3 Å². The number of aryl methyl sites for hydroxylation is 1. The monoisotopic (exact) mass is 500 g/mol. The number of anilines is 1. The van der Waals surface area contributed by atoms with Gasteiger partial charge in [-0.1, -0.05) is 12.1 Å². The number of aromatic nitrogens is 2. The lowest BCUT2D eigenvalue weighted by atomic mass is 10.0. The van der Waals surface area contributed by atoms with E-state index >= 15 is 0 Å². The molecular weight excluding hydrogens is 470 g/mol. The van der Waals surface area contributed by atoms with Crippen molar-refractivity contribution < 1.29 is 23.2 Å². The number of carbonyl (C=O) groups excluding carboxylic acids is 3. The molecule has 0 spiro atoms. The van der Waals surface area contributed by atoms with Gasteiger partial charge in [0.25, 0.3) is 12.3 Å². The number of nitrogens with one attached hydrogen (secondary N) is 1. The Bertz CT molecular complexity index is 1170. The molecule has 1 atom stereocenters. The molecule has 192 valence electrons. The first-order valence-corrected chi connectivity index (χ1v) is 12.4. The van der Waals surface area contributed by atoms with E-state index in [1.54, 1.807) is 9.58 Å². The van der Waals surface area contributed by atoms with E-state index in [4.69, 9.17) is 5.73 Å². The highest BCUT2D eigenvalue weighted by Gasteiger charge is 2.39. The van der Waals surface area contributed by atoms with Crippen LogP contribution in [0.1, 0.15) is 71.8 Å². The van der Waals surface area contributed by atoms with Gasteiger partial charge in [-0.15, -0.1) is 0 Å². The van der Waals surface area contributed by atoms with Gasteiger partial charge >= 0.3 is 0 Å². The number of rotatable bonds is 7. The lowest BCUT2D eigenvalue weighted by Gasteiger charge is -2.32. The fourth-order valence-electron chi connectivity index (χ4n) is 5.47. The Hall–Kier alpha value is -3.34. The second-order valence-electron chi connectivity index (χ2n) is 9.82. The molecule has 0 saturated carbocycles. The number of imide groups is 1. The average molecular weight is 501 g/mol. The number of amides is 3. The summed E-state index contributed by atoms with van der Waals surface area (Å²) in [5, 5.41) is 6.32. The van der Waals surface area contributed by atoms with Crippen LogP contribution in [-0.2, 0) is 22.6 Å². The van der Waals surface area contributed by atoms with Crippen LogP contribution in [0.15, 0.2) is 24.4 Å². The van der Waals surface area contributed by atoms with E-state index in [-0.39, 0.29) is 35.7 Å². The van der Waals surface area contributed by atoms with Crippen molar-refractivity contribution in [3.8, 4) is 0 Å². The molecule has 1 aromatic heterocycles. The van der Waals surface area contributed by atoms with Crippen molar-refractivity contribution in [3.63, 3.8) is 0 Å². The number of nitrogens with two attached hydrogens (primary N) is 1. The van der Waals surface area contributed by atoms with E-state index in [0.717, 1.165) is 56.4 Å². The molecule has 0 bridgehead atoms. The molecule has 5 rings (SSSR count). The molecule has 1 aromatic carbocycles. The molecule has 0 radical (unpaired) electrons. The molecule has 9 nitrogen and oxygen atoms in total. The average Bonchev–Trinajstić information content (AvgIpc) is 3.39. The Morgan fingerprint density at radius 3 is 2.61 bits per heavy atom. The van der Waals surface area contributed by atoms with Crippen LogP contribution in [0.5, 0.6) is 0 Å². The minimum atomic E-state index is -2.66. The van der Waals surface area contributed by atoms with Crippen LogP contribution >= 0.6 is 0 Å². The summed E-state index contributed by atoms with van der Waals surface area (Å²) in [6.45, 7) is 3.05. The number of benzene rings is 1. The highest BCUT2D eigenvalue weighted by molar-refractivity contribution is 6.05. The van der Waals surface area contributed by atoms with Crippen LogP contribution in [0, 0.1) is 0 Å². The predicted octanol–water partition coefficient (Wildman–Crippen LogP) is 2.43. The Kier molecular flexibility index (Phi) is 6.74. The van der Waals surface area contributed by atoms with Crippen molar-refractivity contribution in [2.45, 2.75) is 63.6 Å². The zero-order valence-electron chi connectivity index (χ0n) is 20.0. The molecule has 2 fully saturated rings. The zero-order chi connectivity index (χ0) is 25.4. The number of hydrogen-bond donors (Lipinski definition) is 2. The third-order valence-electron chi connectivity index (χ3n) is 7.46. The first-order valence-electron chi connectivity index (χ1n) is 12.4. The van der Waals surface area contributed by atoms with Gasteiger partial charge in [-0.3, -0.25) is 24.4 Å². The van der Waals surface area contributed by atoms with E-state index in [9.17, 15) is 23.2 Å². The Morgan fingerprint density at radius 2 is 1.92 bits per heavy atom. The number of hydrogen-bond acceptors (Lipinski definition) is 6. The molecule has 3 N–H and O–H groups in total. The van der Waals surface area contributed by atoms with E-state index in [1.165, 1.54) is 6.20 Å². The van der Waals surface area contributed by atoms with E-state index in [1.807, 2.05) is 18.2 Å². The fraction of sp³-hybridized carbons (Fsp3) is 0.520. The number of carbonyl (C=O) groups is 3. The topological polar surface area (TPSA) is 114 Å². The Balaban J connectivity index is 1.10. The number of piperidine rings is 2. The van der Waals surface area contributed by atoms with Gasteiger partial charge in [0.1, 0.15) is 6.04 Å². The second kappa shape index (κ2) is 9.96. The van der Waals surface area contributed by atoms with Gasteiger partial charge in [-0.25, -0.2) is 8.78 Å². The molecule has 2 saturated heterocycles. The predicted molar refractivity (Wildman–Crippen MR) is 127 cm³/mol. The normalized spacial score (nSPS) is 21.4. The summed E-state index contributed by atoms with van der Waals surface area (Å²) >= 11 is 0. The third kappa shape index (κ3) is 4.84. The molecule has 0 aliphatic carbocycles. The molecule has 4 heterocycles. The highest BCUT2D eigenvalue weighted by atomic mass is 19.3. The first-order chi connectivity index (χ1) is 17.3. The third-order valence-corrected chi connectivity index (χ3v) is 7.46. The summed E-state index contributed by atoms with van der Waals surface area (Å²) in [5.74, 6) is -0.853. The second-order valence-corrected chi connectivity index (χ2v) is 9.82. The summed E-state index contributed by atoms with van der Waals surface area (Å²) in [4.78, 5) is 40.4. The molecule has 3 aliphatic rings. The summed E-state index contributed by atoms with van der Waals surface area (Å²) in [6, 6.07) is 5.34. The lowest BCUT2D eigenvalue weighted by Crippen LogP contribution is -2.52. The van der Waals surface area contributed by atoms with Gasteiger partial charge in [0.05, 0.1) is 11.7 Å². The van der Waals surface area contributed by atoms with E-state index in [0.29, 0.717) is 18.5 Å². The molecule has 2 aromatic rings. The van der Waals surface area contributed by atoms with Crippen molar-refractivity contribution in [1.29, 1.82) is 0 Å². The zero-order valence-corrected chi connectivity index (χ0v) is 20.0. The smallest absolute Gasteiger partial charge is 0.284 e. The van der Waals surface area contributed by atoms with Crippen LogP contribution in [0.3, 0.4) is 0 Å².